The van der Waals surface area contributed by atoms with Gasteiger partial charge in [-0.1, -0.05) is 11.6 Å². The van der Waals surface area contributed by atoms with Gasteiger partial charge in [-0.15, -0.1) is 0 Å². The van der Waals surface area contributed by atoms with Crippen LogP contribution >= 0.6 is 11.6 Å². The van der Waals surface area contributed by atoms with Crippen LogP contribution in [0.2, 0.25) is 5.02 Å². The van der Waals surface area contributed by atoms with Gasteiger partial charge in [0.25, 0.3) is 5.91 Å². The lowest BCUT2D eigenvalue weighted by atomic mass is 9.89. The number of rotatable bonds is 9. The number of amides is 1. The quantitative estimate of drug-likeness (QED) is 0.482. The van der Waals surface area contributed by atoms with Gasteiger partial charge in [0.15, 0.2) is 11.8 Å². The van der Waals surface area contributed by atoms with Crippen LogP contribution in [0.15, 0.2) is 12.3 Å². The van der Waals surface area contributed by atoms with E-state index in [1.165, 1.54) is 30.3 Å². The van der Waals surface area contributed by atoms with Crippen molar-refractivity contribution in [2.24, 2.45) is 5.92 Å². The van der Waals surface area contributed by atoms with Gasteiger partial charge in [0.1, 0.15) is 15.6 Å². The summed E-state index contributed by atoms with van der Waals surface area (Å²) in [5, 5.41) is 6.85. The number of ether oxygens (including phenoxy) is 2. The zero-order valence-corrected chi connectivity index (χ0v) is 22.5. The molecule has 1 fully saturated rings. The van der Waals surface area contributed by atoms with Crippen molar-refractivity contribution in [3.63, 3.8) is 0 Å². The molecule has 2 aromatic heterocycles. The Morgan fingerprint density at radius 3 is 2.49 bits per heavy atom. The van der Waals surface area contributed by atoms with E-state index in [0.717, 1.165) is 6.92 Å². The van der Waals surface area contributed by atoms with E-state index in [-0.39, 0.29) is 33.5 Å². The Morgan fingerprint density at radius 1 is 1.30 bits per heavy atom. The summed E-state index contributed by atoms with van der Waals surface area (Å²) in [6.07, 6.45) is -1.64. The summed E-state index contributed by atoms with van der Waals surface area (Å²) in [6.45, 7) is 3.35. The number of carbonyl (C=O) groups excluding carboxylic acids is 1. The number of nitrogens with one attached hydrogen (secondary N) is 1. The van der Waals surface area contributed by atoms with Crippen molar-refractivity contribution in [2.75, 3.05) is 19.9 Å². The van der Waals surface area contributed by atoms with Crippen LogP contribution in [0.5, 0.6) is 11.6 Å². The number of hydrogen-bond donors (Lipinski definition) is 1. The Kier molecular flexibility index (Phi) is 8.99. The Balaban J connectivity index is 1.78. The molecule has 1 atom stereocenters. The molecular weight excluding hydrogens is 537 g/mol. The molecule has 1 aliphatic rings. The number of hydrogen-bond acceptors (Lipinski definition) is 7. The number of sulfone groups is 1. The number of aryl methyl sites for hydroxylation is 1. The predicted octanol–water partition coefficient (Wildman–Crippen LogP) is 4.29. The van der Waals surface area contributed by atoms with Crippen LogP contribution in [-0.2, 0) is 16.4 Å². The lowest BCUT2D eigenvalue weighted by molar-refractivity contribution is -0.190. The van der Waals surface area contributed by atoms with E-state index in [1.54, 1.807) is 6.92 Å². The Labute approximate surface area is 218 Å². The lowest BCUT2D eigenvalue weighted by Crippen LogP contribution is -2.34. The highest BCUT2D eigenvalue weighted by Crippen LogP contribution is 2.38. The second-order valence-electron chi connectivity index (χ2n) is 9.03. The Morgan fingerprint density at radius 2 is 1.95 bits per heavy atom. The fourth-order valence-electron chi connectivity index (χ4n) is 4.23. The van der Waals surface area contributed by atoms with E-state index in [1.807, 2.05) is 0 Å². The van der Waals surface area contributed by atoms with Crippen molar-refractivity contribution < 1.29 is 35.9 Å². The van der Waals surface area contributed by atoms with Crippen LogP contribution in [0.3, 0.4) is 0 Å². The molecule has 2 heterocycles. The van der Waals surface area contributed by atoms with Crippen molar-refractivity contribution in [3.8, 4) is 22.9 Å². The molecule has 1 unspecified atom stereocenters. The topological polar surface area (TPSA) is 112 Å². The number of alkyl halides is 3. The molecule has 3 rings (SSSR count). The van der Waals surface area contributed by atoms with E-state index < -0.39 is 28.0 Å². The van der Waals surface area contributed by atoms with E-state index >= 15 is 0 Å². The highest BCUT2D eigenvalue weighted by molar-refractivity contribution is 7.91. The molecule has 1 aliphatic carbocycles. The lowest BCUT2D eigenvalue weighted by Gasteiger charge is -2.27. The molecule has 0 aliphatic heterocycles. The van der Waals surface area contributed by atoms with Gasteiger partial charge < -0.3 is 14.8 Å². The minimum atomic E-state index is -4.56. The maximum absolute atomic E-state index is 12.9. The summed E-state index contributed by atoms with van der Waals surface area (Å²) in [7, 11) is -1.74. The van der Waals surface area contributed by atoms with E-state index in [0.29, 0.717) is 50.0 Å². The summed E-state index contributed by atoms with van der Waals surface area (Å²) in [5.41, 5.74) is 0.631. The fourth-order valence-corrected chi connectivity index (χ4v) is 5.69. The average molecular weight is 567 g/mol. The van der Waals surface area contributed by atoms with Crippen molar-refractivity contribution in [1.29, 1.82) is 0 Å². The van der Waals surface area contributed by atoms with Crippen LogP contribution in [-0.4, -0.2) is 66.5 Å². The summed E-state index contributed by atoms with van der Waals surface area (Å²) in [6, 6.07) is 1.22. The smallest absolute Gasteiger partial charge is 0.425 e. The van der Waals surface area contributed by atoms with Gasteiger partial charge in [-0.05, 0) is 45.4 Å². The Bertz CT molecular complexity index is 1230. The molecule has 2 aromatic rings. The SMILES string of the molecule is CCn1nc(C(=O)NCC2CCC(S(C)(=O)=O)CC2)c(Cl)c1-c1cnc(OC(C)C(F)(F)F)cc1OC. The minimum absolute atomic E-state index is 0.0172. The predicted molar refractivity (Wildman–Crippen MR) is 132 cm³/mol. The van der Waals surface area contributed by atoms with Crippen molar-refractivity contribution in [2.45, 2.75) is 63.6 Å². The number of methoxy groups -OCH3 is 1. The fraction of sp³-hybridized carbons (Fsp3) is 0.609. The molecular formula is C23H30ClF3N4O5S. The molecule has 0 aromatic carbocycles. The molecule has 1 amide bonds. The first-order chi connectivity index (χ1) is 17.3. The standard InChI is InChI=1S/C23H30ClF3N4O5S/c1-5-31-21(16-12-28-18(10-17(16)35-3)36-13(2)23(25,26)27)19(24)20(30-31)22(32)29-11-14-6-8-15(9-7-14)37(4,33)34/h10,12-15H,5-9,11H2,1-4H3,(H,29,32). The van der Waals surface area contributed by atoms with Gasteiger partial charge in [0.05, 0.1) is 28.6 Å². The first-order valence-electron chi connectivity index (χ1n) is 11.8. The van der Waals surface area contributed by atoms with Crippen molar-refractivity contribution >= 4 is 27.3 Å². The Hall–Kier alpha value is -2.54. The van der Waals surface area contributed by atoms with Gasteiger partial charge in [0, 0.05) is 31.6 Å². The summed E-state index contributed by atoms with van der Waals surface area (Å²) in [4.78, 5) is 16.9. The monoisotopic (exact) mass is 566 g/mol. The van der Waals surface area contributed by atoms with Gasteiger partial charge in [-0.3, -0.25) is 9.48 Å². The number of halogens is 4. The molecule has 0 spiro atoms. The summed E-state index contributed by atoms with van der Waals surface area (Å²) < 4.78 is 73.8. The third-order valence-electron chi connectivity index (χ3n) is 6.43. The maximum Gasteiger partial charge on any atom is 0.425 e. The number of aromatic nitrogens is 3. The molecule has 9 nitrogen and oxygen atoms in total. The average Bonchev–Trinajstić information content (AvgIpc) is 3.17. The molecule has 14 heteroatoms. The second kappa shape index (κ2) is 11.5. The van der Waals surface area contributed by atoms with E-state index in [2.05, 4.69) is 15.4 Å². The molecule has 1 saturated carbocycles. The molecule has 0 radical (unpaired) electrons. The number of carbonyl (C=O) groups is 1. The van der Waals surface area contributed by atoms with Crippen molar-refractivity contribution in [3.05, 3.63) is 23.0 Å². The maximum atomic E-state index is 12.9. The largest absolute Gasteiger partial charge is 0.496 e. The normalized spacial score (nSPS) is 19.4. The summed E-state index contributed by atoms with van der Waals surface area (Å²) >= 11 is 6.57. The number of pyridine rings is 1. The third-order valence-corrected chi connectivity index (χ3v) is 8.47. The van der Waals surface area contributed by atoms with Crippen LogP contribution < -0.4 is 14.8 Å². The summed E-state index contributed by atoms with van der Waals surface area (Å²) in [5.74, 6) is -0.489. The van der Waals surface area contributed by atoms with Crippen molar-refractivity contribution in [1.82, 2.24) is 20.1 Å². The van der Waals surface area contributed by atoms with Crippen LogP contribution in [0.25, 0.3) is 11.3 Å². The molecule has 37 heavy (non-hydrogen) atoms. The van der Waals surface area contributed by atoms with Crippen LogP contribution in [0, 0.1) is 5.92 Å². The molecule has 0 bridgehead atoms. The van der Waals surface area contributed by atoms with E-state index in [9.17, 15) is 26.4 Å². The van der Waals surface area contributed by atoms with Gasteiger partial charge >= 0.3 is 6.18 Å². The van der Waals surface area contributed by atoms with E-state index in [4.69, 9.17) is 21.1 Å². The molecule has 1 N–H and O–H groups in total. The highest BCUT2D eigenvalue weighted by Gasteiger charge is 2.38. The van der Waals surface area contributed by atoms with Gasteiger partial charge in [-0.2, -0.15) is 18.3 Å². The van der Waals surface area contributed by atoms with Crippen LogP contribution in [0.4, 0.5) is 13.2 Å². The van der Waals surface area contributed by atoms with Gasteiger partial charge in [0.2, 0.25) is 5.88 Å². The molecule has 0 saturated heterocycles. The molecule has 206 valence electrons. The number of nitrogens with zero attached hydrogens (tertiary/aromatic N) is 3. The third kappa shape index (κ3) is 6.86. The van der Waals surface area contributed by atoms with Crippen LogP contribution in [0.1, 0.15) is 50.0 Å². The first kappa shape index (κ1) is 29.0. The highest BCUT2D eigenvalue weighted by atomic mass is 35.5. The zero-order chi connectivity index (χ0) is 27.5. The van der Waals surface area contributed by atoms with Gasteiger partial charge in [-0.25, -0.2) is 13.4 Å². The minimum Gasteiger partial charge on any atom is -0.496 e. The first-order valence-corrected chi connectivity index (χ1v) is 14.1. The second-order valence-corrected chi connectivity index (χ2v) is 11.7. The zero-order valence-electron chi connectivity index (χ0n) is 20.9.